The van der Waals surface area contributed by atoms with E-state index >= 15 is 0 Å². The van der Waals surface area contributed by atoms with Crippen molar-refractivity contribution >= 4 is 18.3 Å². The largest absolute Gasteiger partial charge is 0.497 e. The van der Waals surface area contributed by atoms with Crippen molar-refractivity contribution in [1.82, 2.24) is 15.5 Å². The minimum atomic E-state index is 0. The summed E-state index contributed by atoms with van der Waals surface area (Å²) in [6, 6.07) is 6.20. The Morgan fingerprint density at radius 3 is 2.56 bits per heavy atom. The van der Waals surface area contributed by atoms with E-state index in [4.69, 9.17) is 9.47 Å². The van der Waals surface area contributed by atoms with E-state index in [0.717, 1.165) is 62.5 Å². The molecule has 1 unspecified atom stereocenters. The van der Waals surface area contributed by atoms with E-state index in [-0.39, 0.29) is 30.4 Å². The Kier molecular flexibility index (Phi) is 7.35. The maximum Gasteiger partial charge on any atom is 0.237 e. The number of carbonyl (C=O) groups is 1. The maximum absolute atomic E-state index is 12.2. The molecule has 1 amide bonds. The first-order chi connectivity index (χ1) is 11.7. The topological polar surface area (TPSA) is 62.8 Å². The van der Waals surface area contributed by atoms with Crippen molar-refractivity contribution in [3.63, 3.8) is 0 Å². The monoisotopic (exact) mass is 369 g/mol. The SMILES string of the molecule is COc1cc(CN2CCC(NC(=O)[C@@H]3CCCN3)C2)cc(OC)c1.Cl. The average Bonchev–Trinajstić information content (AvgIpc) is 3.26. The van der Waals surface area contributed by atoms with Crippen LogP contribution in [0, 0.1) is 0 Å². The molecule has 2 saturated heterocycles. The van der Waals surface area contributed by atoms with Crippen LogP contribution in [0.15, 0.2) is 18.2 Å². The molecule has 2 aliphatic heterocycles. The third-order valence-electron chi connectivity index (χ3n) is 4.81. The number of carbonyl (C=O) groups excluding carboxylic acids is 1. The Bertz CT molecular complexity index is 556. The predicted molar refractivity (Wildman–Crippen MR) is 99.6 cm³/mol. The summed E-state index contributed by atoms with van der Waals surface area (Å²) in [5.41, 5.74) is 1.16. The molecule has 1 aromatic carbocycles. The molecule has 7 heteroatoms. The number of benzene rings is 1. The molecule has 1 aromatic rings. The number of hydrogen-bond acceptors (Lipinski definition) is 5. The molecular formula is C18H28ClN3O3. The first-order valence-corrected chi connectivity index (χ1v) is 8.66. The Morgan fingerprint density at radius 2 is 1.96 bits per heavy atom. The Labute approximate surface area is 155 Å². The lowest BCUT2D eigenvalue weighted by Gasteiger charge is -2.19. The van der Waals surface area contributed by atoms with Crippen molar-refractivity contribution in [3.05, 3.63) is 23.8 Å². The van der Waals surface area contributed by atoms with E-state index in [2.05, 4.69) is 15.5 Å². The van der Waals surface area contributed by atoms with Gasteiger partial charge in [0, 0.05) is 31.7 Å². The van der Waals surface area contributed by atoms with E-state index in [0.29, 0.717) is 0 Å². The Hall–Kier alpha value is -1.50. The quantitative estimate of drug-likeness (QED) is 0.797. The minimum absolute atomic E-state index is 0. The van der Waals surface area contributed by atoms with Crippen LogP contribution in [0.3, 0.4) is 0 Å². The van der Waals surface area contributed by atoms with Crippen molar-refractivity contribution in [2.24, 2.45) is 0 Å². The van der Waals surface area contributed by atoms with Gasteiger partial charge in [-0.15, -0.1) is 12.4 Å². The molecule has 2 aliphatic rings. The zero-order valence-corrected chi connectivity index (χ0v) is 15.7. The van der Waals surface area contributed by atoms with Crippen molar-refractivity contribution in [1.29, 1.82) is 0 Å². The summed E-state index contributed by atoms with van der Waals surface area (Å²) in [5.74, 6) is 1.77. The molecular weight excluding hydrogens is 342 g/mol. The maximum atomic E-state index is 12.2. The van der Waals surface area contributed by atoms with Crippen molar-refractivity contribution in [2.75, 3.05) is 33.9 Å². The first kappa shape index (κ1) is 19.8. The van der Waals surface area contributed by atoms with Crippen LogP contribution in [0.25, 0.3) is 0 Å². The van der Waals surface area contributed by atoms with E-state index in [1.165, 1.54) is 0 Å². The van der Waals surface area contributed by atoms with Gasteiger partial charge in [-0.1, -0.05) is 0 Å². The second-order valence-corrected chi connectivity index (χ2v) is 6.60. The fourth-order valence-electron chi connectivity index (χ4n) is 3.52. The van der Waals surface area contributed by atoms with Crippen LogP contribution in [-0.4, -0.2) is 56.7 Å². The summed E-state index contributed by atoms with van der Waals surface area (Å²) in [6.07, 6.45) is 3.04. The number of methoxy groups -OCH3 is 2. The molecule has 6 nitrogen and oxygen atoms in total. The van der Waals surface area contributed by atoms with Gasteiger partial charge in [-0.3, -0.25) is 9.69 Å². The average molecular weight is 370 g/mol. The van der Waals surface area contributed by atoms with Gasteiger partial charge in [-0.25, -0.2) is 0 Å². The van der Waals surface area contributed by atoms with Crippen LogP contribution >= 0.6 is 12.4 Å². The van der Waals surface area contributed by atoms with E-state index in [9.17, 15) is 4.79 Å². The first-order valence-electron chi connectivity index (χ1n) is 8.66. The van der Waals surface area contributed by atoms with Crippen LogP contribution in [0.5, 0.6) is 11.5 Å². The molecule has 0 saturated carbocycles. The molecule has 25 heavy (non-hydrogen) atoms. The number of halogens is 1. The number of rotatable bonds is 6. The van der Waals surface area contributed by atoms with E-state index < -0.39 is 0 Å². The zero-order chi connectivity index (χ0) is 16.9. The summed E-state index contributed by atoms with van der Waals surface area (Å²) >= 11 is 0. The second kappa shape index (κ2) is 9.27. The second-order valence-electron chi connectivity index (χ2n) is 6.60. The third kappa shape index (κ3) is 5.23. The lowest BCUT2D eigenvalue weighted by atomic mass is 10.2. The molecule has 2 fully saturated rings. The highest BCUT2D eigenvalue weighted by Gasteiger charge is 2.28. The van der Waals surface area contributed by atoms with Crippen LogP contribution in [0.4, 0.5) is 0 Å². The standard InChI is InChI=1S/C18H27N3O3.ClH/c1-23-15-8-13(9-16(10-15)24-2)11-21-7-5-14(12-21)20-18(22)17-4-3-6-19-17;/h8-10,14,17,19H,3-7,11-12H2,1-2H3,(H,20,22);1H/t14?,17-;/m0./s1. The van der Waals surface area contributed by atoms with Crippen LogP contribution in [0.1, 0.15) is 24.8 Å². The van der Waals surface area contributed by atoms with Gasteiger partial charge in [0.05, 0.1) is 20.3 Å². The number of likely N-dealkylation sites (tertiary alicyclic amines) is 1. The van der Waals surface area contributed by atoms with Crippen LogP contribution in [0.2, 0.25) is 0 Å². The smallest absolute Gasteiger partial charge is 0.237 e. The fraction of sp³-hybridized carbons (Fsp3) is 0.611. The highest BCUT2D eigenvalue weighted by atomic mass is 35.5. The van der Waals surface area contributed by atoms with Crippen molar-refractivity contribution in [3.8, 4) is 11.5 Å². The van der Waals surface area contributed by atoms with Crippen molar-refractivity contribution in [2.45, 2.75) is 37.9 Å². The molecule has 0 aromatic heterocycles. The highest BCUT2D eigenvalue weighted by molar-refractivity contribution is 5.85. The van der Waals surface area contributed by atoms with Crippen molar-refractivity contribution < 1.29 is 14.3 Å². The summed E-state index contributed by atoms with van der Waals surface area (Å²) in [6.45, 7) is 3.66. The summed E-state index contributed by atoms with van der Waals surface area (Å²) in [5, 5.41) is 6.44. The third-order valence-corrected chi connectivity index (χ3v) is 4.81. The van der Waals surface area contributed by atoms with Gasteiger partial charge < -0.3 is 20.1 Å². The normalized spacial score (nSPS) is 23.1. The summed E-state index contributed by atoms with van der Waals surface area (Å²) < 4.78 is 10.7. The predicted octanol–water partition coefficient (Wildman–Crippen LogP) is 1.57. The highest BCUT2D eigenvalue weighted by Crippen LogP contribution is 2.24. The fourth-order valence-corrected chi connectivity index (χ4v) is 3.52. The number of nitrogens with zero attached hydrogens (tertiary/aromatic N) is 1. The molecule has 0 aliphatic carbocycles. The van der Waals surface area contributed by atoms with Gasteiger partial charge >= 0.3 is 0 Å². The molecule has 140 valence electrons. The lowest BCUT2D eigenvalue weighted by Crippen LogP contribution is -2.46. The number of nitrogens with one attached hydrogen (secondary N) is 2. The lowest BCUT2D eigenvalue weighted by molar-refractivity contribution is -0.123. The van der Waals surface area contributed by atoms with Gasteiger partial charge in [0.2, 0.25) is 5.91 Å². The Balaban J connectivity index is 0.00000225. The van der Waals surface area contributed by atoms with Crippen LogP contribution < -0.4 is 20.1 Å². The van der Waals surface area contributed by atoms with Gasteiger partial charge in [0.25, 0.3) is 0 Å². The number of amides is 1. The molecule has 3 rings (SSSR count). The molecule has 0 spiro atoms. The van der Waals surface area contributed by atoms with Gasteiger partial charge in [-0.05, 0) is 43.5 Å². The number of ether oxygens (including phenoxy) is 2. The zero-order valence-electron chi connectivity index (χ0n) is 14.9. The van der Waals surface area contributed by atoms with Gasteiger partial charge in [0.1, 0.15) is 11.5 Å². The van der Waals surface area contributed by atoms with E-state index in [1.807, 2.05) is 18.2 Å². The molecule has 2 N–H and O–H groups in total. The molecule has 2 atom stereocenters. The summed E-state index contributed by atoms with van der Waals surface area (Å²) in [7, 11) is 3.33. The minimum Gasteiger partial charge on any atom is -0.497 e. The van der Waals surface area contributed by atoms with E-state index in [1.54, 1.807) is 14.2 Å². The summed E-state index contributed by atoms with van der Waals surface area (Å²) in [4.78, 5) is 14.6. The number of hydrogen-bond donors (Lipinski definition) is 2. The van der Waals surface area contributed by atoms with Gasteiger partial charge in [0.15, 0.2) is 0 Å². The molecule has 0 radical (unpaired) electrons. The van der Waals surface area contributed by atoms with Crippen LogP contribution in [-0.2, 0) is 11.3 Å². The molecule has 0 bridgehead atoms. The Morgan fingerprint density at radius 1 is 1.24 bits per heavy atom. The van der Waals surface area contributed by atoms with Gasteiger partial charge in [-0.2, -0.15) is 0 Å². The molecule has 2 heterocycles.